The molecule has 1 spiro atoms. The van der Waals surface area contributed by atoms with Gasteiger partial charge in [-0.05, 0) is 80.7 Å². The van der Waals surface area contributed by atoms with Crippen molar-refractivity contribution in [2.45, 2.75) is 68.8 Å². The molecule has 2 saturated heterocycles. The Bertz CT molecular complexity index is 1260. The Hall–Kier alpha value is -2.71. The molecule has 2 amide bonds. The molecular weight excluding hydrogens is 488 g/mol. The molecule has 0 saturated carbocycles. The van der Waals surface area contributed by atoms with E-state index in [1.54, 1.807) is 17.0 Å². The van der Waals surface area contributed by atoms with Crippen molar-refractivity contribution in [3.05, 3.63) is 59.2 Å². The zero-order chi connectivity index (χ0) is 26.0. The number of hydrogen-bond donors (Lipinski definition) is 1. The third-order valence-corrected chi connectivity index (χ3v) is 9.90. The summed E-state index contributed by atoms with van der Waals surface area (Å²) in [5, 5.41) is 2.77. The molecular formula is C29H36N2O5S. The Kier molecular flexibility index (Phi) is 7.41. The summed E-state index contributed by atoms with van der Waals surface area (Å²) in [6.07, 6.45) is 5.57. The number of nitrogens with one attached hydrogen (secondary N) is 1. The average molecular weight is 525 g/mol. The van der Waals surface area contributed by atoms with E-state index in [2.05, 4.69) is 36.5 Å². The fourth-order valence-corrected chi connectivity index (χ4v) is 7.20. The fourth-order valence-electron chi connectivity index (χ4n) is 5.92. The molecule has 2 aromatic rings. The normalized spacial score (nSPS) is 21.4. The van der Waals surface area contributed by atoms with Gasteiger partial charge in [-0.25, -0.2) is 8.42 Å². The number of carbonyl (C=O) groups is 2. The second-order valence-corrected chi connectivity index (χ2v) is 13.0. The predicted molar refractivity (Wildman–Crippen MR) is 142 cm³/mol. The highest BCUT2D eigenvalue weighted by atomic mass is 32.2. The molecule has 1 N–H and O–H groups in total. The maximum atomic E-state index is 12.9. The average Bonchev–Trinajstić information content (AvgIpc) is 2.89. The minimum Gasteiger partial charge on any atom is -0.375 e. The van der Waals surface area contributed by atoms with E-state index in [9.17, 15) is 18.0 Å². The van der Waals surface area contributed by atoms with E-state index >= 15 is 0 Å². The number of piperidine rings is 1. The van der Waals surface area contributed by atoms with Gasteiger partial charge in [-0.3, -0.25) is 9.59 Å². The van der Waals surface area contributed by atoms with Crippen LogP contribution < -0.4 is 5.32 Å². The molecule has 198 valence electrons. The highest BCUT2D eigenvalue weighted by molar-refractivity contribution is 7.91. The number of rotatable bonds is 6. The summed E-state index contributed by atoms with van der Waals surface area (Å²) in [4.78, 5) is 26.5. The van der Waals surface area contributed by atoms with Gasteiger partial charge in [0.25, 0.3) is 0 Å². The van der Waals surface area contributed by atoms with Gasteiger partial charge in [0.1, 0.15) is 0 Å². The van der Waals surface area contributed by atoms with Crippen LogP contribution in [0.2, 0.25) is 0 Å². The maximum absolute atomic E-state index is 12.9. The third-order valence-electron chi connectivity index (χ3n) is 8.18. The molecule has 2 fully saturated rings. The van der Waals surface area contributed by atoms with Crippen molar-refractivity contribution in [2.75, 3.05) is 30.8 Å². The van der Waals surface area contributed by atoms with Crippen molar-refractivity contribution in [1.29, 1.82) is 0 Å². The van der Waals surface area contributed by atoms with Crippen LogP contribution in [0.4, 0.5) is 5.69 Å². The molecule has 2 aromatic carbocycles. The van der Waals surface area contributed by atoms with Crippen LogP contribution in [0.25, 0.3) is 0 Å². The number of sulfone groups is 1. The molecule has 7 nitrogen and oxygen atoms in total. The van der Waals surface area contributed by atoms with Crippen LogP contribution in [0.15, 0.2) is 47.4 Å². The molecule has 0 aliphatic carbocycles. The first kappa shape index (κ1) is 25.9. The lowest BCUT2D eigenvalue weighted by Crippen LogP contribution is -2.51. The van der Waals surface area contributed by atoms with Crippen molar-refractivity contribution in [3.63, 3.8) is 0 Å². The molecule has 1 atom stereocenters. The van der Waals surface area contributed by atoms with Gasteiger partial charge >= 0.3 is 0 Å². The van der Waals surface area contributed by atoms with Gasteiger partial charge in [0.15, 0.2) is 9.84 Å². The van der Waals surface area contributed by atoms with E-state index in [0.717, 1.165) is 44.3 Å². The molecule has 0 aromatic heterocycles. The SMILES string of the molecule is Cc1ccc(CC2CCOC3(CCN(C(=O)CCS(=O)(=O)c4ccc5c(c4)CCC(=O)N5)CC3)C2)cc1. The minimum atomic E-state index is -3.59. The number of nitrogens with zero attached hydrogens (tertiary/aromatic N) is 1. The molecule has 3 aliphatic rings. The van der Waals surface area contributed by atoms with Gasteiger partial charge in [-0.15, -0.1) is 0 Å². The fraction of sp³-hybridized carbons (Fsp3) is 0.517. The highest BCUT2D eigenvalue weighted by Crippen LogP contribution is 2.39. The largest absolute Gasteiger partial charge is 0.375 e. The van der Waals surface area contributed by atoms with Crippen LogP contribution in [0, 0.1) is 12.8 Å². The van der Waals surface area contributed by atoms with E-state index in [1.807, 2.05) is 0 Å². The summed E-state index contributed by atoms with van der Waals surface area (Å²) < 4.78 is 32.2. The standard InChI is InChI=1S/C29H36N2O5S/c1-21-2-4-22(5-3-21)18-23-10-16-36-29(20-23)12-14-31(15-13-29)28(33)11-17-37(34,35)25-7-8-26-24(19-25)6-9-27(32)30-26/h2-5,7-8,19,23H,6,9-18,20H2,1H3,(H,30,32). The Labute approximate surface area is 219 Å². The number of ether oxygens (including phenoxy) is 1. The number of benzene rings is 2. The van der Waals surface area contributed by atoms with E-state index in [1.165, 1.54) is 17.2 Å². The van der Waals surface area contributed by atoms with Crippen molar-refractivity contribution < 1.29 is 22.7 Å². The van der Waals surface area contributed by atoms with Crippen LogP contribution in [0.1, 0.15) is 55.2 Å². The predicted octanol–water partition coefficient (Wildman–Crippen LogP) is 4.07. The van der Waals surface area contributed by atoms with E-state index < -0.39 is 9.84 Å². The summed E-state index contributed by atoms with van der Waals surface area (Å²) in [5.74, 6) is 0.190. The van der Waals surface area contributed by atoms with Gasteiger partial charge in [0, 0.05) is 38.2 Å². The smallest absolute Gasteiger partial charge is 0.224 e. The number of aryl methyl sites for hydroxylation is 2. The molecule has 0 radical (unpaired) electrons. The summed E-state index contributed by atoms with van der Waals surface area (Å²) in [5.41, 5.74) is 3.95. The highest BCUT2D eigenvalue weighted by Gasteiger charge is 2.41. The van der Waals surface area contributed by atoms with Crippen LogP contribution in [-0.2, 0) is 37.0 Å². The summed E-state index contributed by atoms with van der Waals surface area (Å²) in [6.45, 7) is 4.07. The van der Waals surface area contributed by atoms with E-state index in [0.29, 0.717) is 37.5 Å². The van der Waals surface area contributed by atoms with E-state index in [4.69, 9.17) is 4.74 Å². The first-order valence-corrected chi connectivity index (χ1v) is 15.0. The van der Waals surface area contributed by atoms with Crippen molar-refractivity contribution >= 4 is 27.3 Å². The first-order chi connectivity index (χ1) is 17.7. The molecule has 37 heavy (non-hydrogen) atoms. The molecule has 3 heterocycles. The zero-order valence-corrected chi connectivity index (χ0v) is 22.3. The quantitative estimate of drug-likeness (QED) is 0.615. The molecule has 5 rings (SSSR count). The monoisotopic (exact) mass is 524 g/mol. The van der Waals surface area contributed by atoms with Crippen LogP contribution in [0.3, 0.4) is 0 Å². The Morgan fingerprint density at radius 2 is 1.86 bits per heavy atom. The Balaban J connectivity index is 1.13. The summed E-state index contributed by atoms with van der Waals surface area (Å²) in [6, 6.07) is 13.6. The van der Waals surface area contributed by atoms with Gasteiger partial charge in [-0.2, -0.15) is 0 Å². The lowest BCUT2D eigenvalue weighted by Gasteiger charge is -2.46. The first-order valence-electron chi connectivity index (χ1n) is 13.3. The molecule has 0 bridgehead atoms. The van der Waals surface area contributed by atoms with Crippen molar-refractivity contribution in [3.8, 4) is 0 Å². The Morgan fingerprint density at radius 3 is 2.62 bits per heavy atom. The molecule has 3 aliphatic heterocycles. The lowest BCUT2D eigenvalue weighted by atomic mass is 9.77. The van der Waals surface area contributed by atoms with Gasteiger partial charge in [0.2, 0.25) is 11.8 Å². The van der Waals surface area contributed by atoms with Crippen LogP contribution >= 0.6 is 0 Å². The van der Waals surface area contributed by atoms with Crippen LogP contribution in [-0.4, -0.2) is 56.2 Å². The summed E-state index contributed by atoms with van der Waals surface area (Å²) in [7, 11) is -3.59. The number of hydrogen-bond acceptors (Lipinski definition) is 5. The number of likely N-dealkylation sites (tertiary alicyclic amines) is 1. The lowest BCUT2D eigenvalue weighted by molar-refractivity contribution is -0.146. The van der Waals surface area contributed by atoms with E-state index in [-0.39, 0.29) is 34.5 Å². The van der Waals surface area contributed by atoms with Gasteiger partial charge in [-0.1, -0.05) is 29.8 Å². The number of fused-ring (bicyclic) bond motifs is 1. The maximum Gasteiger partial charge on any atom is 0.224 e. The number of anilines is 1. The number of amides is 2. The summed E-state index contributed by atoms with van der Waals surface area (Å²) >= 11 is 0. The van der Waals surface area contributed by atoms with Gasteiger partial charge < -0.3 is 15.0 Å². The third kappa shape index (κ3) is 6.07. The second-order valence-electron chi connectivity index (χ2n) is 10.9. The zero-order valence-electron chi connectivity index (χ0n) is 21.5. The number of carbonyl (C=O) groups excluding carboxylic acids is 2. The Morgan fingerprint density at radius 1 is 1.11 bits per heavy atom. The minimum absolute atomic E-state index is 0.0277. The molecule has 1 unspecified atom stereocenters. The van der Waals surface area contributed by atoms with Crippen molar-refractivity contribution in [2.24, 2.45) is 5.92 Å². The molecule has 8 heteroatoms. The topological polar surface area (TPSA) is 92.8 Å². The van der Waals surface area contributed by atoms with Crippen LogP contribution in [0.5, 0.6) is 0 Å². The van der Waals surface area contributed by atoms with Gasteiger partial charge in [0.05, 0.1) is 16.2 Å². The van der Waals surface area contributed by atoms with Crippen molar-refractivity contribution in [1.82, 2.24) is 4.90 Å². The second kappa shape index (κ2) is 10.6.